The van der Waals surface area contributed by atoms with Crippen LogP contribution in [0.5, 0.6) is 0 Å². The summed E-state index contributed by atoms with van der Waals surface area (Å²) in [6, 6.07) is 0. The van der Waals surface area contributed by atoms with E-state index in [0.717, 1.165) is 18.9 Å². The van der Waals surface area contributed by atoms with Crippen molar-refractivity contribution in [2.45, 2.75) is 65.7 Å². The van der Waals surface area contributed by atoms with Crippen LogP contribution in [0.4, 0.5) is 0 Å². The molecule has 2 N–H and O–H groups in total. The number of nitrogens with two attached hydrogens (primary N) is 1. The molecule has 1 aliphatic heterocycles. The third kappa shape index (κ3) is 6.19. The fourth-order valence-electron chi connectivity index (χ4n) is 3.20. The average molecular weight is 254 g/mol. The van der Waals surface area contributed by atoms with Crippen LogP contribution in [0, 0.1) is 11.3 Å². The fourth-order valence-corrected chi connectivity index (χ4v) is 3.20. The van der Waals surface area contributed by atoms with E-state index in [2.05, 4.69) is 25.7 Å². The first-order chi connectivity index (χ1) is 8.57. The Labute approximate surface area is 114 Å². The molecule has 108 valence electrons. The zero-order valence-electron chi connectivity index (χ0n) is 12.9. The number of hydrogen-bond donors (Lipinski definition) is 1. The van der Waals surface area contributed by atoms with Crippen molar-refractivity contribution in [2.75, 3.05) is 26.2 Å². The minimum atomic E-state index is 0.440. The lowest BCUT2D eigenvalue weighted by molar-refractivity contribution is 0.167. The molecule has 0 spiro atoms. The molecule has 0 bridgehead atoms. The Morgan fingerprint density at radius 3 is 2.39 bits per heavy atom. The van der Waals surface area contributed by atoms with Gasteiger partial charge in [0.15, 0.2) is 0 Å². The lowest BCUT2D eigenvalue weighted by atomic mass is 9.84. The highest BCUT2D eigenvalue weighted by atomic mass is 15.1. The number of nitrogens with zero attached hydrogens (tertiary/aromatic N) is 1. The Morgan fingerprint density at radius 2 is 1.83 bits per heavy atom. The first-order valence-corrected chi connectivity index (χ1v) is 8.00. The van der Waals surface area contributed by atoms with Gasteiger partial charge in [-0.15, -0.1) is 0 Å². The van der Waals surface area contributed by atoms with Gasteiger partial charge in [0, 0.05) is 0 Å². The third-order valence-corrected chi connectivity index (χ3v) is 4.55. The Hall–Kier alpha value is -0.0800. The van der Waals surface area contributed by atoms with Crippen LogP contribution in [0.1, 0.15) is 65.7 Å². The second-order valence-electron chi connectivity index (χ2n) is 6.88. The van der Waals surface area contributed by atoms with E-state index in [9.17, 15) is 0 Å². The highest BCUT2D eigenvalue weighted by molar-refractivity contribution is 4.74. The van der Waals surface area contributed by atoms with Crippen LogP contribution in [0.3, 0.4) is 0 Å². The zero-order valence-corrected chi connectivity index (χ0v) is 12.9. The van der Waals surface area contributed by atoms with Crippen molar-refractivity contribution in [2.24, 2.45) is 17.1 Å². The molecular weight excluding hydrogens is 220 g/mol. The van der Waals surface area contributed by atoms with Crippen molar-refractivity contribution in [3.05, 3.63) is 0 Å². The molecule has 0 aliphatic carbocycles. The fraction of sp³-hybridized carbons (Fsp3) is 1.00. The summed E-state index contributed by atoms with van der Waals surface area (Å²) in [5.41, 5.74) is 6.10. The minimum absolute atomic E-state index is 0.440. The van der Waals surface area contributed by atoms with E-state index < -0.39 is 0 Å². The van der Waals surface area contributed by atoms with E-state index >= 15 is 0 Å². The Kier molecular flexibility index (Phi) is 7.25. The van der Waals surface area contributed by atoms with E-state index in [-0.39, 0.29) is 0 Å². The SMILES string of the molecule is CCCC1CCN(CCCC(C)(C)CCN)CC1. The van der Waals surface area contributed by atoms with Gasteiger partial charge >= 0.3 is 0 Å². The molecule has 0 unspecified atom stereocenters. The molecule has 0 atom stereocenters. The van der Waals surface area contributed by atoms with E-state index in [1.165, 1.54) is 58.2 Å². The van der Waals surface area contributed by atoms with Crippen LogP contribution in [-0.2, 0) is 0 Å². The number of piperidine rings is 1. The van der Waals surface area contributed by atoms with Crippen LogP contribution >= 0.6 is 0 Å². The predicted molar refractivity (Wildman–Crippen MR) is 80.8 cm³/mol. The van der Waals surface area contributed by atoms with Gasteiger partial charge in [-0.25, -0.2) is 0 Å². The van der Waals surface area contributed by atoms with E-state index in [4.69, 9.17) is 5.73 Å². The smallest absolute Gasteiger partial charge is 0.00161 e. The highest BCUT2D eigenvalue weighted by Crippen LogP contribution is 2.27. The Bertz CT molecular complexity index is 205. The monoisotopic (exact) mass is 254 g/mol. The Balaban J connectivity index is 2.11. The summed E-state index contributed by atoms with van der Waals surface area (Å²) in [5.74, 6) is 1.01. The molecule has 1 heterocycles. The molecule has 1 aliphatic rings. The van der Waals surface area contributed by atoms with Crippen molar-refractivity contribution >= 4 is 0 Å². The van der Waals surface area contributed by atoms with Crippen molar-refractivity contribution in [3.8, 4) is 0 Å². The predicted octanol–water partition coefficient (Wildman–Crippen LogP) is 3.65. The minimum Gasteiger partial charge on any atom is -0.330 e. The molecule has 1 rings (SSSR count). The van der Waals surface area contributed by atoms with Gasteiger partial charge < -0.3 is 10.6 Å². The van der Waals surface area contributed by atoms with Crippen LogP contribution in [0.2, 0.25) is 0 Å². The molecule has 2 heteroatoms. The molecule has 0 aromatic heterocycles. The van der Waals surface area contributed by atoms with Crippen LogP contribution in [0.15, 0.2) is 0 Å². The van der Waals surface area contributed by atoms with Crippen molar-refractivity contribution in [1.82, 2.24) is 4.90 Å². The maximum atomic E-state index is 5.66. The summed E-state index contributed by atoms with van der Waals surface area (Å²) in [7, 11) is 0. The molecule has 1 saturated heterocycles. The van der Waals surface area contributed by atoms with Crippen LogP contribution < -0.4 is 5.73 Å². The third-order valence-electron chi connectivity index (χ3n) is 4.55. The summed E-state index contributed by atoms with van der Waals surface area (Å²) in [6.07, 6.45) is 9.48. The molecular formula is C16H34N2. The summed E-state index contributed by atoms with van der Waals surface area (Å²) >= 11 is 0. The summed E-state index contributed by atoms with van der Waals surface area (Å²) < 4.78 is 0. The average Bonchev–Trinajstić information content (AvgIpc) is 2.31. The zero-order chi connectivity index (χ0) is 13.4. The van der Waals surface area contributed by atoms with Gasteiger partial charge in [-0.05, 0) is 69.6 Å². The normalized spacial score (nSPS) is 19.3. The maximum absolute atomic E-state index is 5.66. The van der Waals surface area contributed by atoms with Gasteiger partial charge in [0.05, 0.1) is 0 Å². The van der Waals surface area contributed by atoms with Gasteiger partial charge in [0.25, 0.3) is 0 Å². The lowest BCUT2D eigenvalue weighted by Gasteiger charge is -2.33. The molecule has 0 aromatic rings. The van der Waals surface area contributed by atoms with Gasteiger partial charge in [-0.3, -0.25) is 0 Å². The first-order valence-electron chi connectivity index (χ1n) is 8.00. The lowest BCUT2D eigenvalue weighted by Crippen LogP contribution is -2.34. The number of rotatable bonds is 8. The topological polar surface area (TPSA) is 29.3 Å². The van der Waals surface area contributed by atoms with Crippen molar-refractivity contribution < 1.29 is 0 Å². The largest absolute Gasteiger partial charge is 0.330 e. The molecule has 0 saturated carbocycles. The number of likely N-dealkylation sites (tertiary alicyclic amines) is 1. The van der Waals surface area contributed by atoms with E-state index in [0.29, 0.717) is 5.41 Å². The first kappa shape index (κ1) is 16.0. The van der Waals surface area contributed by atoms with Gasteiger partial charge in [0.1, 0.15) is 0 Å². The molecule has 18 heavy (non-hydrogen) atoms. The molecule has 0 radical (unpaired) electrons. The molecule has 0 aromatic carbocycles. The van der Waals surface area contributed by atoms with E-state index in [1.54, 1.807) is 0 Å². The maximum Gasteiger partial charge on any atom is -0.00161 e. The summed E-state index contributed by atoms with van der Waals surface area (Å²) in [4.78, 5) is 2.67. The summed E-state index contributed by atoms with van der Waals surface area (Å²) in [5, 5.41) is 0. The molecule has 1 fully saturated rings. The highest BCUT2D eigenvalue weighted by Gasteiger charge is 2.20. The summed E-state index contributed by atoms with van der Waals surface area (Å²) in [6.45, 7) is 11.8. The quantitative estimate of drug-likeness (QED) is 0.716. The van der Waals surface area contributed by atoms with Crippen LogP contribution in [0.25, 0.3) is 0 Å². The second-order valence-corrected chi connectivity index (χ2v) is 6.88. The molecule has 0 amide bonds. The molecule has 2 nitrogen and oxygen atoms in total. The van der Waals surface area contributed by atoms with Crippen molar-refractivity contribution in [3.63, 3.8) is 0 Å². The van der Waals surface area contributed by atoms with Crippen LogP contribution in [-0.4, -0.2) is 31.1 Å². The second kappa shape index (κ2) is 8.16. The van der Waals surface area contributed by atoms with Crippen molar-refractivity contribution in [1.29, 1.82) is 0 Å². The number of hydrogen-bond acceptors (Lipinski definition) is 2. The van der Waals surface area contributed by atoms with E-state index in [1.807, 2.05) is 0 Å². The van der Waals surface area contributed by atoms with Gasteiger partial charge in [0.2, 0.25) is 0 Å². The van der Waals surface area contributed by atoms with Gasteiger partial charge in [-0.1, -0.05) is 33.6 Å². The Morgan fingerprint density at radius 1 is 1.17 bits per heavy atom. The van der Waals surface area contributed by atoms with Gasteiger partial charge in [-0.2, -0.15) is 0 Å². The standard InChI is InChI=1S/C16H34N2/c1-4-6-15-7-13-18(14-8-15)12-5-9-16(2,3)10-11-17/h15H,4-14,17H2,1-3H3.